The number of ether oxygens (including phenoxy) is 1. The van der Waals surface area contributed by atoms with Crippen molar-refractivity contribution in [2.24, 2.45) is 0 Å². The molecule has 2 aromatic carbocycles. The van der Waals surface area contributed by atoms with Crippen molar-refractivity contribution in [1.29, 1.82) is 5.26 Å². The Morgan fingerprint density at radius 3 is 2.46 bits per heavy atom. The van der Waals surface area contributed by atoms with Crippen LogP contribution in [0.3, 0.4) is 0 Å². The predicted molar refractivity (Wildman–Crippen MR) is 92.5 cm³/mol. The molecule has 5 nitrogen and oxygen atoms in total. The fourth-order valence-corrected chi connectivity index (χ4v) is 2.72. The number of carbonyl (C=O) groups is 2. The number of nitrogens with zero attached hydrogens (tertiary/aromatic N) is 1. The lowest BCUT2D eigenvalue weighted by molar-refractivity contribution is -0.146. The molecule has 0 fully saturated rings. The van der Waals surface area contributed by atoms with E-state index >= 15 is 0 Å². The van der Waals surface area contributed by atoms with Gasteiger partial charge in [-0.25, -0.2) is 0 Å². The molecule has 1 amide bonds. The van der Waals surface area contributed by atoms with Gasteiger partial charge >= 0.3 is 5.97 Å². The van der Waals surface area contributed by atoms with Gasteiger partial charge in [0.15, 0.2) is 6.61 Å². The number of amides is 1. The second-order valence-corrected chi connectivity index (χ2v) is 6.33. The van der Waals surface area contributed by atoms with Crippen LogP contribution in [-0.2, 0) is 14.3 Å². The Morgan fingerprint density at radius 2 is 1.83 bits per heavy atom. The van der Waals surface area contributed by atoms with Crippen molar-refractivity contribution in [1.82, 2.24) is 0 Å². The molecule has 0 heterocycles. The lowest BCUT2D eigenvalue weighted by Gasteiger charge is -2.11. The normalized spacial score (nSPS) is 11.2. The van der Waals surface area contributed by atoms with Crippen LogP contribution in [0.1, 0.15) is 12.5 Å². The van der Waals surface area contributed by atoms with Crippen LogP contribution in [0.25, 0.3) is 0 Å². The van der Waals surface area contributed by atoms with E-state index in [2.05, 4.69) is 5.32 Å². The molecule has 0 aliphatic heterocycles. The van der Waals surface area contributed by atoms with E-state index in [1.54, 1.807) is 31.2 Å². The molecule has 6 heteroatoms. The third kappa shape index (κ3) is 5.45. The summed E-state index contributed by atoms with van der Waals surface area (Å²) >= 11 is 1.37. The van der Waals surface area contributed by atoms with Crippen LogP contribution in [-0.4, -0.2) is 23.7 Å². The molecule has 0 unspecified atom stereocenters. The van der Waals surface area contributed by atoms with Gasteiger partial charge in [0.2, 0.25) is 0 Å². The number of anilines is 1. The highest BCUT2D eigenvalue weighted by molar-refractivity contribution is 8.00. The first-order valence-electron chi connectivity index (χ1n) is 7.27. The Hall–Kier alpha value is -2.78. The summed E-state index contributed by atoms with van der Waals surface area (Å²) in [6.45, 7) is 1.39. The van der Waals surface area contributed by atoms with Crippen molar-refractivity contribution in [3.63, 3.8) is 0 Å². The van der Waals surface area contributed by atoms with Gasteiger partial charge in [0.1, 0.15) is 5.25 Å². The van der Waals surface area contributed by atoms with Crippen LogP contribution in [0.5, 0.6) is 0 Å². The highest BCUT2D eigenvalue weighted by atomic mass is 32.2. The number of thioether (sulfide) groups is 1. The fourth-order valence-electron chi connectivity index (χ4n) is 1.83. The summed E-state index contributed by atoms with van der Waals surface area (Å²) in [4.78, 5) is 24.7. The predicted octanol–water partition coefficient (Wildman–Crippen LogP) is 3.22. The van der Waals surface area contributed by atoms with E-state index in [1.807, 2.05) is 36.4 Å². The van der Waals surface area contributed by atoms with E-state index < -0.39 is 17.1 Å². The largest absolute Gasteiger partial charge is 0.455 e. The number of nitrogens with one attached hydrogen (secondary N) is 1. The summed E-state index contributed by atoms with van der Waals surface area (Å²) < 4.78 is 5.03. The third-order valence-corrected chi connectivity index (χ3v) is 4.12. The molecule has 1 N–H and O–H groups in total. The van der Waals surface area contributed by atoms with Crippen LogP contribution in [0.2, 0.25) is 0 Å². The molecule has 2 rings (SSSR count). The van der Waals surface area contributed by atoms with Crippen molar-refractivity contribution < 1.29 is 14.3 Å². The lowest BCUT2D eigenvalue weighted by Crippen LogP contribution is -2.24. The SMILES string of the molecule is C[C@H](Sc1ccccc1)C(=O)OCC(=O)Nc1ccc(C#N)cc1. The van der Waals surface area contributed by atoms with Crippen LogP contribution in [0, 0.1) is 11.3 Å². The van der Waals surface area contributed by atoms with Gasteiger partial charge in [0.25, 0.3) is 5.91 Å². The van der Waals surface area contributed by atoms with E-state index in [1.165, 1.54) is 11.8 Å². The number of carbonyl (C=O) groups excluding carboxylic acids is 2. The first kappa shape index (κ1) is 17.6. The number of benzene rings is 2. The van der Waals surface area contributed by atoms with E-state index in [0.29, 0.717) is 11.3 Å². The number of nitriles is 1. The number of rotatable bonds is 6. The molecule has 0 radical (unpaired) electrons. The minimum absolute atomic E-state index is 0.349. The standard InChI is InChI=1S/C18H16N2O3S/c1-13(24-16-5-3-2-4-6-16)18(22)23-12-17(21)20-15-9-7-14(11-19)8-10-15/h2-10,13H,12H2,1H3,(H,20,21)/t13-/m0/s1. The minimum atomic E-state index is -0.446. The molecular formula is C18H16N2O3S. The van der Waals surface area contributed by atoms with Crippen LogP contribution >= 0.6 is 11.8 Å². The Balaban J connectivity index is 1.78. The monoisotopic (exact) mass is 340 g/mol. The summed E-state index contributed by atoms with van der Waals surface area (Å²) in [6, 6.07) is 17.9. The maximum Gasteiger partial charge on any atom is 0.319 e. The Bertz CT molecular complexity index is 739. The smallest absolute Gasteiger partial charge is 0.319 e. The summed E-state index contributed by atoms with van der Waals surface area (Å²) in [6.07, 6.45) is 0. The molecule has 0 spiro atoms. The zero-order valence-corrected chi connectivity index (χ0v) is 13.9. The zero-order valence-electron chi connectivity index (χ0n) is 13.1. The summed E-state index contributed by atoms with van der Waals surface area (Å²) in [5.41, 5.74) is 1.05. The van der Waals surface area contributed by atoms with E-state index in [-0.39, 0.29) is 6.61 Å². The van der Waals surface area contributed by atoms with Crippen molar-refractivity contribution in [3.8, 4) is 6.07 Å². The molecule has 0 bridgehead atoms. The molecule has 2 aromatic rings. The quantitative estimate of drug-likeness (QED) is 0.645. The molecule has 0 aromatic heterocycles. The van der Waals surface area contributed by atoms with Gasteiger partial charge in [-0.1, -0.05) is 18.2 Å². The third-order valence-electron chi connectivity index (χ3n) is 3.03. The van der Waals surface area contributed by atoms with Crippen LogP contribution < -0.4 is 5.32 Å². The second kappa shape index (κ2) is 8.75. The van der Waals surface area contributed by atoms with Gasteiger partial charge in [-0.05, 0) is 43.3 Å². The van der Waals surface area contributed by atoms with Crippen molar-refractivity contribution >= 4 is 29.3 Å². The molecule has 0 saturated carbocycles. The molecule has 0 aliphatic carbocycles. The number of esters is 1. The van der Waals surface area contributed by atoms with Crippen LogP contribution in [0.4, 0.5) is 5.69 Å². The van der Waals surface area contributed by atoms with Gasteiger partial charge in [-0.2, -0.15) is 5.26 Å². The first-order valence-corrected chi connectivity index (χ1v) is 8.15. The Kier molecular flexibility index (Phi) is 6.41. The minimum Gasteiger partial charge on any atom is -0.455 e. The maximum atomic E-state index is 11.9. The fraction of sp³-hybridized carbons (Fsp3) is 0.167. The Labute approximate surface area is 144 Å². The van der Waals surface area contributed by atoms with E-state index in [4.69, 9.17) is 10.00 Å². The number of hydrogen-bond donors (Lipinski definition) is 1. The average Bonchev–Trinajstić information content (AvgIpc) is 2.61. The van der Waals surface area contributed by atoms with Gasteiger partial charge in [0, 0.05) is 10.6 Å². The molecular weight excluding hydrogens is 324 g/mol. The van der Waals surface area contributed by atoms with E-state index in [9.17, 15) is 9.59 Å². The summed E-state index contributed by atoms with van der Waals surface area (Å²) in [7, 11) is 0. The summed E-state index contributed by atoms with van der Waals surface area (Å²) in [5.74, 6) is -0.871. The van der Waals surface area contributed by atoms with Crippen LogP contribution in [0.15, 0.2) is 59.5 Å². The molecule has 24 heavy (non-hydrogen) atoms. The number of hydrogen-bond acceptors (Lipinski definition) is 5. The first-order chi connectivity index (χ1) is 11.6. The van der Waals surface area contributed by atoms with Crippen molar-refractivity contribution in [2.45, 2.75) is 17.1 Å². The Morgan fingerprint density at radius 1 is 1.17 bits per heavy atom. The van der Waals surface area contributed by atoms with Gasteiger partial charge in [-0.15, -0.1) is 11.8 Å². The molecule has 1 atom stereocenters. The van der Waals surface area contributed by atoms with Gasteiger partial charge < -0.3 is 10.1 Å². The molecule has 122 valence electrons. The highest BCUT2D eigenvalue weighted by Gasteiger charge is 2.17. The average molecular weight is 340 g/mol. The van der Waals surface area contributed by atoms with Crippen molar-refractivity contribution in [3.05, 3.63) is 60.2 Å². The maximum absolute atomic E-state index is 11.9. The topological polar surface area (TPSA) is 79.2 Å². The summed E-state index contributed by atoms with van der Waals surface area (Å²) in [5, 5.41) is 10.9. The highest BCUT2D eigenvalue weighted by Crippen LogP contribution is 2.23. The second-order valence-electron chi connectivity index (χ2n) is 4.92. The lowest BCUT2D eigenvalue weighted by atomic mass is 10.2. The van der Waals surface area contributed by atoms with Gasteiger partial charge in [0.05, 0.1) is 11.6 Å². The molecule has 0 aliphatic rings. The zero-order chi connectivity index (χ0) is 17.4. The molecule has 0 saturated heterocycles. The van der Waals surface area contributed by atoms with E-state index in [0.717, 1.165) is 4.90 Å². The van der Waals surface area contributed by atoms with Gasteiger partial charge in [-0.3, -0.25) is 9.59 Å². The van der Waals surface area contributed by atoms with Crippen molar-refractivity contribution in [2.75, 3.05) is 11.9 Å².